The number of rotatable bonds is 10. The number of nitrogens with one attached hydrogen (secondary N) is 4. The highest BCUT2D eigenvalue weighted by Gasteiger charge is 2.65. The van der Waals surface area contributed by atoms with Crippen LogP contribution in [0.15, 0.2) is 24.3 Å². The molecule has 0 radical (unpaired) electrons. The second-order valence-corrected chi connectivity index (χ2v) is 8.30. The summed E-state index contributed by atoms with van der Waals surface area (Å²) in [5.41, 5.74) is -0.949. The van der Waals surface area contributed by atoms with Crippen LogP contribution in [-0.4, -0.2) is 68.1 Å². The van der Waals surface area contributed by atoms with Gasteiger partial charge < -0.3 is 10.6 Å². The van der Waals surface area contributed by atoms with Gasteiger partial charge in [0.25, 0.3) is 23.0 Å². The van der Waals surface area contributed by atoms with Crippen molar-refractivity contribution in [3.63, 3.8) is 0 Å². The number of unbranched alkanes of at least 4 members (excludes halogenated alkanes) is 3. The lowest BCUT2D eigenvalue weighted by atomic mass is 9.82. The van der Waals surface area contributed by atoms with Gasteiger partial charge in [0.15, 0.2) is 0 Å². The van der Waals surface area contributed by atoms with E-state index >= 15 is 0 Å². The molecule has 2 fully saturated rings. The lowest BCUT2D eigenvalue weighted by Gasteiger charge is -2.53. The molecule has 174 valence electrons. The summed E-state index contributed by atoms with van der Waals surface area (Å²) in [4.78, 5) is 49.4. The van der Waals surface area contributed by atoms with E-state index in [0.29, 0.717) is 38.3 Å². The number of barbiturate groups is 1. The number of nitro groups is 1. The molecule has 2 heterocycles. The van der Waals surface area contributed by atoms with Gasteiger partial charge in [0, 0.05) is 43.8 Å². The van der Waals surface area contributed by atoms with Crippen LogP contribution in [0.1, 0.15) is 32.1 Å². The summed E-state index contributed by atoms with van der Waals surface area (Å²) in [5, 5.41) is 22.1. The highest BCUT2D eigenvalue weighted by Crippen LogP contribution is 2.40. The number of hydrogen-bond donors (Lipinski definition) is 4. The molecule has 0 aromatic heterocycles. The topological polar surface area (TPSA) is 142 Å². The Morgan fingerprint density at radius 2 is 1.59 bits per heavy atom. The lowest BCUT2D eigenvalue weighted by molar-refractivity contribution is -0.384. The first-order chi connectivity index (χ1) is 15.4. The van der Waals surface area contributed by atoms with Crippen LogP contribution in [0.25, 0.3) is 0 Å². The summed E-state index contributed by atoms with van der Waals surface area (Å²) < 4.78 is 0.0133. The largest absolute Gasteiger partial charge is 0.328 e. The third-order valence-electron chi connectivity index (χ3n) is 6.55. The van der Waals surface area contributed by atoms with E-state index in [1.54, 1.807) is 12.1 Å². The number of benzene rings is 1. The molecular formula is C21H31N6O5+. The number of nitrogens with zero attached hydrogens (tertiary/aromatic N) is 2. The van der Waals surface area contributed by atoms with E-state index in [0.717, 1.165) is 25.8 Å². The van der Waals surface area contributed by atoms with Gasteiger partial charge in [0.2, 0.25) is 0 Å². The molecule has 0 spiro atoms. The van der Waals surface area contributed by atoms with Gasteiger partial charge in [-0.15, -0.1) is 0 Å². The Bertz CT molecular complexity index is 846. The summed E-state index contributed by atoms with van der Waals surface area (Å²) in [6.45, 7) is 2.90. The van der Waals surface area contributed by atoms with Crippen molar-refractivity contribution in [3.05, 3.63) is 34.4 Å². The van der Waals surface area contributed by atoms with Gasteiger partial charge in [-0.25, -0.2) is 4.79 Å². The van der Waals surface area contributed by atoms with Crippen LogP contribution in [0.4, 0.5) is 16.2 Å². The fourth-order valence-electron chi connectivity index (χ4n) is 4.91. The van der Waals surface area contributed by atoms with E-state index < -0.39 is 28.3 Å². The van der Waals surface area contributed by atoms with Crippen molar-refractivity contribution in [1.29, 1.82) is 0 Å². The summed E-state index contributed by atoms with van der Waals surface area (Å²) in [7, 11) is 1.89. The average molecular weight is 448 g/mol. The SMILES string of the molecule is CNCCCCCCC1([N+]2(c3ccc([N+](=O)[O-])cc3)CCNCC2)C(=O)NC(=O)NC1=O. The fourth-order valence-corrected chi connectivity index (χ4v) is 4.91. The van der Waals surface area contributed by atoms with Crippen LogP contribution in [-0.2, 0) is 9.59 Å². The predicted molar refractivity (Wildman–Crippen MR) is 119 cm³/mol. The first kappa shape index (κ1) is 23.8. The minimum absolute atomic E-state index is 0.0133. The van der Waals surface area contributed by atoms with E-state index in [4.69, 9.17) is 0 Å². The average Bonchev–Trinajstić information content (AvgIpc) is 2.78. The first-order valence-electron chi connectivity index (χ1n) is 11.0. The van der Waals surface area contributed by atoms with Crippen LogP contribution in [0.2, 0.25) is 0 Å². The summed E-state index contributed by atoms with van der Waals surface area (Å²) in [5.74, 6) is -1.22. The number of carbonyl (C=O) groups is 3. The molecule has 0 unspecified atom stereocenters. The summed E-state index contributed by atoms with van der Waals surface area (Å²) >= 11 is 0. The quantitative estimate of drug-likeness (QED) is 0.136. The van der Waals surface area contributed by atoms with Crippen molar-refractivity contribution in [2.45, 2.75) is 37.6 Å². The van der Waals surface area contributed by atoms with Crippen LogP contribution in [0, 0.1) is 10.1 Å². The number of carbonyl (C=O) groups excluding carboxylic acids is 3. The molecule has 4 amide bonds. The van der Waals surface area contributed by atoms with E-state index in [1.165, 1.54) is 12.1 Å². The van der Waals surface area contributed by atoms with Gasteiger partial charge in [0.1, 0.15) is 5.69 Å². The molecule has 11 nitrogen and oxygen atoms in total. The smallest absolute Gasteiger partial charge is 0.320 e. The van der Waals surface area contributed by atoms with Crippen LogP contribution >= 0.6 is 0 Å². The molecule has 0 bridgehead atoms. The van der Waals surface area contributed by atoms with Gasteiger partial charge in [-0.05, 0) is 26.4 Å². The van der Waals surface area contributed by atoms with Crippen molar-refractivity contribution in [2.75, 3.05) is 39.8 Å². The maximum Gasteiger partial charge on any atom is 0.328 e. The van der Waals surface area contributed by atoms with Crippen molar-refractivity contribution >= 4 is 29.2 Å². The monoisotopic (exact) mass is 447 g/mol. The Hall–Kier alpha value is -2.89. The second kappa shape index (κ2) is 10.2. The van der Waals surface area contributed by atoms with Crippen LogP contribution < -0.4 is 25.8 Å². The molecule has 2 saturated heterocycles. The molecule has 3 rings (SSSR count). The molecule has 0 aliphatic carbocycles. The Balaban J connectivity index is 2.02. The molecule has 4 N–H and O–H groups in total. The number of piperazine rings is 1. The highest BCUT2D eigenvalue weighted by molar-refractivity contribution is 6.23. The number of hydrogen-bond acceptors (Lipinski definition) is 7. The summed E-state index contributed by atoms with van der Waals surface area (Å²) in [6, 6.07) is 5.21. The normalized spacial score (nSPS) is 19.8. The molecule has 32 heavy (non-hydrogen) atoms. The molecule has 2 aliphatic rings. The van der Waals surface area contributed by atoms with Gasteiger partial charge in [-0.2, -0.15) is 0 Å². The minimum atomic E-state index is -1.53. The third-order valence-corrected chi connectivity index (χ3v) is 6.55. The zero-order valence-corrected chi connectivity index (χ0v) is 18.3. The Labute approximate surface area is 186 Å². The molecule has 1 aromatic rings. The van der Waals surface area contributed by atoms with Crippen molar-refractivity contribution < 1.29 is 19.3 Å². The standard InChI is InChI=1S/C21H30N6O5/c1-22-11-5-3-2-4-10-21(18(28)24-20(30)25-19(21)29)27(14-12-23-13-15-27)17-8-6-16(7-9-17)26(31)32/h6-9,22-23H,2-5,10-15H2,1H3,(H-,24,25,28,29,30)/p+1. The predicted octanol–water partition coefficient (Wildman–Crippen LogP) is 0.780. The zero-order valence-electron chi connectivity index (χ0n) is 18.3. The third kappa shape index (κ3) is 4.36. The number of quaternary nitrogens is 1. The van der Waals surface area contributed by atoms with Crippen LogP contribution in [0.3, 0.4) is 0 Å². The van der Waals surface area contributed by atoms with Gasteiger partial charge in [0.05, 0.1) is 18.0 Å². The van der Waals surface area contributed by atoms with Gasteiger partial charge in [-0.3, -0.25) is 34.8 Å². The number of nitro benzene ring substituents is 1. The molecule has 0 saturated carbocycles. The Morgan fingerprint density at radius 1 is 1.00 bits per heavy atom. The second-order valence-electron chi connectivity index (χ2n) is 8.30. The minimum Gasteiger partial charge on any atom is -0.320 e. The maximum absolute atomic E-state index is 13.4. The van der Waals surface area contributed by atoms with Crippen molar-refractivity contribution in [2.24, 2.45) is 0 Å². The van der Waals surface area contributed by atoms with Crippen molar-refractivity contribution in [3.8, 4) is 0 Å². The Kier molecular flexibility index (Phi) is 7.54. The fraction of sp³-hybridized carbons (Fsp3) is 0.571. The molecule has 0 atom stereocenters. The number of non-ortho nitro benzene ring substituents is 1. The molecule has 1 aromatic carbocycles. The van der Waals surface area contributed by atoms with E-state index in [9.17, 15) is 24.5 Å². The number of urea groups is 1. The maximum atomic E-state index is 13.4. The molecule has 2 aliphatic heterocycles. The first-order valence-corrected chi connectivity index (χ1v) is 11.0. The summed E-state index contributed by atoms with van der Waals surface area (Å²) in [6.07, 6.45) is 3.70. The van der Waals surface area contributed by atoms with Gasteiger partial charge >= 0.3 is 6.03 Å². The highest BCUT2D eigenvalue weighted by atomic mass is 16.6. The van der Waals surface area contributed by atoms with E-state index in [-0.39, 0.29) is 16.6 Å². The molecule has 11 heteroatoms. The van der Waals surface area contributed by atoms with Crippen LogP contribution in [0.5, 0.6) is 0 Å². The van der Waals surface area contributed by atoms with E-state index in [2.05, 4.69) is 21.3 Å². The number of amides is 4. The Morgan fingerprint density at radius 3 is 2.16 bits per heavy atom. The lowest BCUT2D eigenvalue weighted by Crippen LogP contribution is -2.83. The number of imide groups is 2. The van der Waals surface area contributed by atoms with Crippen molar-refractivity contribution in [1.82, 2.24) is 25.8 Å². The van der Waals surface area contributed by atoms with Gasteiger partial charge in [-0.1, -0.05) is 12.8 Å². The van der Waals surface area contributed by atoms with E-state index in [1.807, 2.05) is 7.05 Å². The zero-order chi connectivity index (χ0) is 23.2. The molecular weight excluding hydrogens is 416 g/mol.